The summed E-state index contributed by atoms with van der Waals surface area (Å²) >= 11 is 0. The van der Waals surface area contributed by atoms with Crippen LogP contribution in [0.5, 0.6) is 0 Å². The van der Waals surface area contributed by atoms with Gasteiger partial charge in [0.05, 0.1) is 17.1 Å². The molecule has 0 unspecified atom stereocenters. The summed E-state index contributed by atoms with van der Waals surface area (Å²) < 4.78 is 5.73. The Labute approximate surface area is 177 Å². The molecule has 0 spiro atoms. The first-order valence-electron chi connectivity index (χ1n) is 11.0. The van der Waals surface area contributed by atoms with Crippen molar-refractivity contribution in [1.29, 1.82) is 5.26 Å². The molecule has 158 valence electrons. The van der Waals surface area contributed by atoms with Crippen molar-refractivity contribution in [2.24, 2.45) is 0 Å². The molecule has 2 aliphatic rings. The zero-order chi connectivity index (χ0) is 20.9. The van der Waals surface area contributed by atoms with E-state index in [4.69, 9.17) is 14.7 Å². The molecule has 7 nitrogen and oxygen atoms in total. The number of ether oxygens (including phenoxy) is 1. The van der Waals surface area contributed by atoms with E-state index in [0.717, 1.165) is 63.9 Å². The van der Waals surface area contributed by atoms with E-state index in [1.165, 1.54) is 6.42 Å². The normalized spacial score (nSPS) is 19.4. The summed E-state index contributed by atoms with van der Waals surface area (Å²) in [6, 6.07) is 9.76. The minimum Gasteiger partial charge on any atom is -0.461 e. The van der Waals surface area contributed by atoms with Gasteiger partial charge in [-0.2, -0.15) is 5.26 Å². The molecule has 4 rings (SSSR count). The number of aromatic nitrogens is 2. The van der Waals surface area contributed by atoms with Crippen molar-refractivity contribution >= 4 is 22.8 Å². The first-order chi connectivity index (χ1) is 14.7. The van der Waals surface area contributed by atoms with Crippen LogP contribution in [0.25, 0.3) is 11.0 Å². The van der Waals surface area contributed by atoms with Crippen molar-refractivity contribution in [2.45, 2.75) is 51.0 Å². The number of carbonyl (C=O) groups is 1. The number of carbonyl (C=O) groups excluding carboxylic acids is 1. The molecule has 30 heavy (non-hydrogen) atoms. The Kier molecular flexibility index (Phi) is 6.44. The number of benzene rings is 1. The fraction of sp³-hybridized carbons (Fsp3) is 0.565. The van der Waals surface area contributed by atoms with E-state index in [1.54, 1.807) is 0 Å². The van der Waals surface area contributed by atoms with Crippen molar-refractivity contribution in [3.63, 3.8) is 0 Å². The van der Waals surface area contributed by atoms with Gasteiger partial charge in [0, 0.05) is 26.2 Å². The third-order valence-electron chi connectivity index (χ3n) is 6.17. The molecule has 2 fully saturated rings. The molecule has 7 heteroatoms. The molecule has 0 bridgehead atoms. The van der Waals surface area contributed by atoms with Gasteiger partial charge in [-0.1, -0.05) is 25.5 Å². The summed E-state index contributed by atoms with van der Waals surface area (Å²) in [5, 5.41) is 9.91. The second-order valence-electron chi connectivity index (χ2n) is 8.10. The lowest BCUT2D eigenvalue weighted by Gasteiger charge is -2.35. The zero-order valence-electron chi connectivity index (χ0n) is 17.6. The lowest BCUT2D eigenvalue weighted by molar-refractivity contribution is -0.150. The SMILES string of the molecule is CCN1CCN(c2nc3ccccc3nc2[C@@H](C#N)C(=O)OC2CCCCC2)CC1. The summed E-state index contributed by atoms with van der Waals surface area (Å²) in [6.07, 6.45) is 4.97. The Bertz CT molecular complexity index is 927. The number of nitriles is 1. The molecule has 1 aliphatic heterocycles. The Morgan fingerprint density at radius 1 is 1.13 bits per heavy atom. The number of piperazine rings is 1. The summed E-state index contributed by atoms with van der Waals surface area (Å²) in [5.74, 6) is -0.928. The number of fused-ring (bicyclic) bond motifs is 1. The highest BCUT2D eigenvalue weighted by Crippen LogP contribution is 2.30. The summed E-state index contributed by atoms with van der Waals surface area (Å²) in [4.78, 5) is 27.1. The van der Waals surface area contributed by atoms with Crippen LogP contribution in [0.3, 0.4) is 0 Å². The van der Waals surface area contributed by atoms with E-state index in [9.17, 15) is 10.1 Å². The minimum atomic E-state index is -1.07. The smallest absolute Gasteiger partial charge is 0.329 e. The van der Waals surface area contributed by atoms with Crippen LogP contribution in [-0.2, 0) is 9.53 Å². The van der Waals surface area contributed by atoms with Gasteiger partial charge in [-0.25, -0.2) is 9.97 Å². The molecule has 1 aromatic carbocycles. The minimum absolute atomic E-state index is 0.0907. The second kappa shape index (κ2) is 9.40. The standard InChI is InChI=1S/C23H29N5O2/c1-2-27-12-14-28(15-13-27)22-21(25-19-10-6-7-11-20(19)26-22)18(16-24)23(29)30-17-8-4-3-5-9-17/h6-7,10-11,17-18H,2-5,8-9,12-15H2,1H3/t18-/m1/s1. The first-order valence-corrected chi connectivity index (χ1v) is 11.0. The third kappa shape index (κ3) is 4.39. The molecule has 1 aromatic heterocycles. The van der Waals surface area contributed by atoms with Crippen molar-refractivity contribution in [3.05, 3.63) is 30.0 Å². The quantitative estimate of drug-likeness (QED) is 0.704. The predicted octanol–water partition coefficient (Wildman–Crippen LogP) is 3.25. The molecule has 1 atom stereocenters. The third-order valence-corrected chi connectivity index (χ3v) is 6.17. The zero-order valence-corrected chi connectivity index (χ0v) is 17.6. The van der Waals surface area contributed by atoms with Crippen molar-refractivity contribution in [3.8, 4) is 6.07 Å². The number of hydrogen-bond acceptors (Lipinski definition) is 7. The van der Waals surface area contributed by atoms with Crippen LogP contribution in [0.15, 0.2) is 24.3 Å². The number of para-hydroxylation sites is 2. The highest BCUT2D eigenvalue weighted by molar-refractivity contribution is 5.85. The van der Waals surface area contributed by atoms with Crippen LogP contribution < -0.4 is 4.90 Å². The van der Waals surface area contributed by atoms with Crippen LogP contribution in [0, 0.1) is 11.3 Å². The van der Waals surface area contributed by atoms with Gasteiger partial charge in [0.1, 0.15) is 11.8 Å². The summed E-state index contributed by atoms with van der Waals surface area (Å²) in [6.45, 7) is 6.61. The Morgan fingerprint density at radius 2 is 1.80 bits per heavy atom. The van der Waals surface area contributed by atoms with Crippen molar-refractivity contribution < 1.29 is 9.53 Å². The van der Waals surface area contributed by atoms with Gasteiger partial charge in [0.2, 0.25) is 0 Å². The molecule has 0 amide bonds. The van der Waals surface area contributed by atoms with Gasteiger partial charge in [0.25, 0.3) is 0 Å². The van der Waals surface area contributed by atoms with E-state index >= 15 is 0 Å². The summed E-state index contributed by atoms with van der Waals surface area (Å²) in [7, 11) is 0. The van der Waals surface area contributed by atoms with Gasteiger partial charge in [-0.15, -0.1) is 0 Å². The number of nitrogens with zero attached hydrogens (tertiary/aromatic N) is 5. The average Bonchev–Trinajstić information content (AvgIpc) is 2.80. The van der Waals surface area contributed by atoms with E-state index < -0.39 is 11.9 Å². The lowest BCUT2D eigenvalue weighted by Crippen LogP contribution is -2.47. The van der Waals surface area contributed by atoms with E-state index in [2.05, 4.69) is 22.8 Å². The van der Waals surface area contributed by atoms with Crippen molar-refractivity contribution in [2.75, 3.05) is 37.6 Å². The van der Waals surface area contributed by atoms with Gasteiger partial charge in [0.15, 0.2) is 11.7 Å². The van der Waals surface area contributed by atoms with Gasteiger partial charge >= 0.3 is 5.97 Å². The molecule has 1 aliphatic carbocycles. The highest BCUT2D eigenvalue weighted by Gasteiger charge is 2.32. The number of anilines is 1. The molecular weight excluding hydrogens is 378 g/mol. The molecule has 0 N–H and O–H groups in total. The molecule has 1 saturated heterocycles. The maximum absolute atomic E-state index is 13.0. The molecule has 2 heterocycles. The monoisotopic (exact) mass is 407 g/mol. The molecule has 1 saturated carbocycles. The van der Waals surface area contributed by atoms with Crippen LogP contribution in [-0.4, -0.2) is 59.7 Å². The van der Waals surface area contributed by atoms with Crippen LogP contribution >= 0.6 is 0 Å². The fourth-order valence-corrected chi connectivity index (χ4v) is 4.35. The maximum atomic E-state index is 13.0. The Balaban J connectivity index is 1.66. The average molecular weight is 408 g/mol. The molecular formula is C23H29N5O2. The van der Waals surface area contributed by atoms with Crippen LogP contribution in [0.1, 0.15) is 50.6 Å². The van der Waals surface area contributed by atoms with Crippen molar-refractivity contribution in [1.82, 2.24) is 14.9 Å². The van der Waals surface area contributed by atoms with E-state index in [0.29, 0.717) is 17.0 Å². The molecule has 2 aromatic rings. The van der Waals surface area contributed by atoms with E-state index in [-0.39, 0.29) is 6.10 Å². The van der Waals surface area contributed by atoms with E-state index in [1.807, 2.05) is 24.3 Å². The van der Waals surface area contributed by atoms with Gasteiger partial charge < -0.3 is 14.5 Å². The Hall–Kier alpha value is -2.72. The molecule has 0 radical (unpaired) electrons. The lowest BCUT2D eigenvalue weighted by atomic mass is 9.97. The number of esters is 1. The summed E-state index contributed by atoms with van der Waals surface area (Å²) in [5.41, 5.74) is 1.88. The number of hydrogen-bond donors (Lipinski definition) is 0. The van der Waals surface area contributed by atoms with Gasteiger partial charge in [-0.05, 0) is 44.4 Å². The second-order valence-corrected chi connectivity index (χ2v) is 8.10. The largest absolute Gasteiger partial charge is 0.461 e. The maximum Gasteiger partial charge on any atom is 0.329 e. The predicted molar refractivity (Wildman–Crippen MR) is 115 cm³/mol. The topological polar surface area (TPSA) is 82.4 Å². The fourth-order valence-electron chi connectivity index (χ4n) is 4.35. The Morgan fingerprint density at radius 3 is 2.43 bits per heavy atom. The van der Waals surface area contributed by atoms with Crippen LogP contribution in [0.4, 0.5) is 5.82 Å². The van der Waals surface area contributed by atoms with Crippen LogP contribution in [0.2, 0.25) is 0 Å². The highest BCUT2D eigenvalue weighted by atomic mass is 16.5. The number of likely N-dealkylation sites (N-methyl/N-ethyl adjacent to an activating group) is 1. The number of rotatable bonds is 5. The first kappa shape index (κ1) is 20.5. The van der Waals surface area contributed by atoms with Gasteiger partial charge in [-0.3, -0.25) is 4.79 Å².